The normalized spacial score (nSPS) is 19.9. The Hall–Kier alpha value is -2.70. The Bertz CT molecular complexity index is 1110. The number of sulfonamides is 1. The van der Waals surface area contributed by atoms with Crippen LogP contribution in [-0.4, -0.2) is 21.5 Å². The van der Waals surface area contributed by atoms with Gasteiger partial charge in [0.25, 0.3) is 0 Å². The van der Waals surface area contributed by atoms with Crippen molar-refractivity contribution in [2.45, 2.75) is 17.4 Å². The van der Waals surface area contributed by atoms with E-state index in [9.17, 15) is 13.2 Å². The van der Waals surface area contributed by atoms with Crippen LogP contribution in [0.1, 0.15) is 18.0 Å². The van der Waals surface area contributed by atoms with Gasteiger partial charge in [-0.25, -0.2) is 13.1 Å². The van der Waals surface area contributed by atoms with Gasteiger partial charge in [-0.1, -0.05) is 60.7 Å². The molecule has 28 heavy (non-hydrogen) atoms. The molecule has 4 rings (SSSR count). The number of nitrogens with one attached hydrogen (secondary N) is 1. The van der Waals surface area contributed by atoms with Gasteiger partial charge in [-0.05, 0) is 40.8 Å². The summed E-state index contributed by atoms with van der Waals surface area (Å²) in [5.41, 5.74) is 0.836. The second kappa shape index (κ2) is 7.37. The summed E-state index contributed by atoms with van der Waals surface area (Å²) in [6.07, 6.45) is 0.604. The van der Waals surface area contributed by atoms with Gasteiger partial charge in [0, 0.05) is 0 Å². The van der Waals surface area contributed by atoms with Crippen molar-refractivity contribution in [1.29, 1.82) is 0 Å². The summed E-state index contributed by atoms with van der Waals surface area (Å²) >= 11 is 0. The molecule has 1 aliphatic rings. The second-order valence-corrected chi connectivity index (χ2v) is 8.76. The van der Waals surface area contributed by atoms with Crippen molar-refractivity contribution < 1.29 is 17.9 Å². The van der Waals surface area contributed by atoms with Crippen LogP contribution in [0.4, 0.5) is 0 Å². The maximum absolute atomic E-state index is 13.1. The van der Waals surface area contributed by atoms with Gasteiger partial charge in [-0.3, -0.25) is 4.79 Å². The highest BCUT2D eigenvalue weighted by Gasteiger charge is 2.50. The molecule has 1 fully saturated rings. The van der Waals surface area contributed by atoms with Gasteiger partial charge in [0.15, 0.2) is 0 Å². The second-order valence-electron chi connectivity index (χ2n) is 7.05. The first kappa shape index (κ1) is 18.7. The zero-order chi connectivity index (χ0) is 19.7. The molecule has 3 aromatic carbocycles. The average molecular weight is 395 g/mol. The number of hydrogen-bond acceptors (Lipinski definition) is 4. The molecule has 3 aromatic rings. The van der Waals surface area contributed by atoms with E-state index in [4.69, 9.17) is 4.74 Å². The van der Waals surface area contributed by atoms with Crippen LogP contribution >= 0.6 is 0 Å². The fraction of sp³-hybridized carbons (Fsp3) is 0.227. The van der Waals surface area contributed by atoms with E-state index in [0.717, 1.165) is 16.3 Å². The number of rotatable bonds is 6. The maximum Gasteiger partial charge on any atom is 0.309 e. The largest absolute Gasteiger partial charge is 0.469 e. The van der Waals surface area contributed by atoms with Crippen molar-refractivity contribution in [3.8, 4) is 0 Å². The third-order valence-corrected chi connectivity index (χ3v) is 6.68. The predicted molar refractivity (Wildman–Crippen MR) is 107 cm³/mol. The van der Waals surface area contributed by atoms with Crippen LogP contribution in [0.25, 0.3) is 10.8 Å². The van der Waals surface area contributed by atoms with Gasteiger partial charge in [0.2, 0.25) is 10.0 Å². The highest BCUT2D eigenvalue weighted by atomic mass is 32.2. The van der Waals surface area contributed by atoms with Gasteiger partial charge >= 0.3 is 5.97 Å². The van der Waals surface area contributed by atoms with E-state index < -0.39 is 16.1 Å². The summed E-state index contributed by atoms with van der Waals surface area (Å²) in [7, 11) is -2.41. The number of methoxy groups -OCH3 is 1. The van der Waals surface area contributed by atoms with E-state index in [0.29, 0.717) is 6.42 Å². The SMILES string of the molecule is COC(=O)[C@H]1C[C@H]1[C@H](NS(=O)(=O)c1ccc2ccccc2c1)c1ccccc1. The van der Waals surface area contributed by atoms with E-state index in [1.54, 1.807) is 18.2 Å². The lowest BCUT2D eigenvalue weighted by Crippen LogP contribution is -2.31. The summed E-state index contributed by atoms with van der Waals surface area (Å²) in [6, 6.07) is 21.6. The van der Waals surface area contributed by atoms with Crippen LogP contribution in [0.5, 0.6) is 0 Å². The van der Waals surface area contributed by atoms with Crippen LogP contribution in [0.3, 0.4) is 0 Å². The maximum atomic E-state index is 13.1. The highest BCUT2D eigenvalue weighted by molar-refractivity contribution is 7.89. The number of benzene rings is 3. The Morgan fingerprint density at radius 1 is 1.00 bits per heavy atom. The van der Waals surface area contributed by atoms with Crippen molar-refractivity contribution in [1.82, 2.24) is 4.72 Å². The molecule has 0 spiro atoms. The van der Waals surface area contributed by atoms with Gasteiger partial charge in [0.05, 0.1) is 24.0 Å². The van der Waals surface area contributed by atoms with E-state index in [-0.39, 0.29) is 22.7 Å². The van der Waals surface area contributed by atoms with E-state index in [2.05, 4.69) is 4.72 Å². The number of ether oxygens (including phenoxy) is 1. The first-order valence-electron chi connectivity index (χ1n) is 9.13. The molecule has 1 N–H and O–H groups in total. The minimum atomic E-state index is -3.76. The zero-order valence-corrected chi connectivity index (χ0v) is 16.2. The fourth-order valence-corrected chi connectivity index (χ4v) is 4.95. The summed E-state index contributed by atoms with van der Waals surface area (Å²) in [6.45, 7) is 0. The van der Waals surface area contributed by atoms with Crippen molar-refractivity contribution in [2.75, 3.05) is 7.11 Å². The monoisotopic (exact) mass is 395 g/mol. The number of esters is 1. The van der Waals surface area contributed by atoms with Gasteiger partial charge < -0.3 is 4.74 Å². The summed E-state index contributed by atoms with van der Waals surface area (Å²) in [5.74, 6) is -0.699. The van der Waals surface area contributed by atoms with Crippen molar-refractivity contribution in [3.63, 3.8) is 0 Å². The number of carbonyl (C=O) groups is 1. The quantitative estimate of drug-likeness (QED) is 0.647. The highest BCUT2D eigenvalue weighted by Crippen LogP contribution is 2.48. The lowest BCUT2D eigenvalue weighted by molar-refractivity contribution is -0.142. The summed E-state index contributed by atoms with van der Waals surface area (Å²) in [4.78, 5) is 12.1. The molecule has 0 amide bonds. The third-order valence-electron chi connectivity index (χ3n) is 5.24. The molecule has 144 valence electrons. The lowest BCUT2D eigenvalue weighted by atomic mass is 10.0. The number of carbonyl (C=O) groups excluding carboxylic acids is 1. The van der Waals surface area contributed by atoms with E-state index >= 15 is 0 Å². The van der Waals surface area contributed by atoms with E-state index in [1.807, 2.05) is 54.6 Å². The van der Waals surface area contributed by atoms with Gasteiger partial charge in [-0.15, -0.1) is 0 Å². The minimum Gasteiger partial charge on any atom is -0.469 e. The zero-order valence-electron chi connectivity index (χ0n) is 15.4. The Labute approximate surface area is 164 Å². The topological polar surface area (TPSA) is 72.5 Å². The number of hydrogen-bond donors (Lipinski definition) is 1. The molecule has 6 heteroatoms. The van der Waals surface area contributed by atoms with Gasteiger partial charge in [-0.2, -0.15) is 0 Å². The molecular weight excluding hydrogens is 374 g/mol. The molecule has 0 unspecified atom stereocenters. The molecule has 3 atom stereocenters. The van der Waals surface area contributed by atoms with Crippen molar-refractivity contribution >= 4 is 26.8 Å². The molecule has 0 bridgehead atoms. The summed E-state index contributed by atoms with van der Waals surface area (Å²) in [5, 5.41) is 1.84. The Morgan fingerprint density at radius 2 is 1.68 bits per heavy atom. The van der Waals surface area contributed by atoms with E-state index in [1.165, 1.54) is 7.11 Å². The predicted octanol–water partition coefficient (Wildman–Crippen LogP) is 3.67. The molecule has 0 radical (unpaired) electrons. The van der Waals surface area contributed by atoms with Crippen LogP contribution in [-0.2, 0) is 19.6 Å². The van der Waals surface area contributed by atoms with Crippen LogP contribution in [0.15, 0.2) is 77.7 Å². The minimum absolute atomic E-state index is 0.120. The Kier molecular flexibility index (Phi) is 4.91. The molecule has 0 aliphatic heterocycles. The first-order chi connectivity index (χ1) is 13.5. The molecular formula is C22H21NO4S. The van der Waals surface area contributed by atoms with Crippen molar-refractivity contribution in [2.24, 2.45) is 11.8 Å². The summed E-state index contributed by atoms with van der Waals surface area (Å²) < 4.78 is 33.9. The van der Waals surface area contributed by atoms with Gasteiger partial charge in [0.1, 0.15) is 0 Å². The van der Waals surface area contributed by atoms with Crippen molar-refractivity contribution in [3.05, 3.63) is 78.4 Å². The van der Waals surface area contributed by atoms with Crippen LogP contribution in [0.2, 0.25) is 0 Å². The molecule has 1 aliphatic carbocycles. The smallest absolute Gasteiger partial charge is 0.309 e. The molecule has 1 saturated carbocycles. The average Bonchev–Trinajstić information content (AvgIpc) is 3.52. The standard InChI is InChI=1S/C22H21NO4S/c1-27-22(24)20-14-19(20)21(16-8-3-2-4-9-16)23-28(25,26)18-12-11-15-7-5-6-10-17(15)13-18/h2-13,19-21,23H,14H2,1H3/t19-,20+,21-/m1/s1. The molecule has 0 heterocycles. The Balaban J connectivity index is 1.66. The third kappa shape index (κ3) is 3.66. The fourth-order valence-electron chi connectivity index (χ4n) is 3.64. The molecule has 0 saturated heterocycles. The first-order valence-corrected chi connectivity index (χ1v) is 10.6. The molecule has 0 aromatic heterocycles. The number of fused-ring (bicyclic) bond motifs is 1. The van der Waals surface area contributed by atoms with Crippen LogP contribution < -0.4 is 4.72 Å². The molecule has 5 nitrogen and oxygen atoms in total. The lowest BCUT2D eigenvalue weighted by Gasteiger charge is -2.20. The van der Waals surface area contributed by atoms with Crippen LogP contribution in [0, 0.1) is 11.8 Å². The Morgan fingerprint density at radius 3 is 2.39 bits per heavy atom.